The second kappa shape index (κ2) is 11.8. The molecule has 1 aromatic carbocycles. The molecule has 0 spiro atoms. The van der Waals surface area contributed by atoms with Crippen LogP contribution in [0.2, 0.25) is 0 Å². The third-order valence-corrected chi connectivity index (χ3v) is 5.76. The summed E-state index contributed by atoms with van der Waals surface area (Å²) in [6.45, 7) is 8.12. The van der Waals surface area contributed by atoms with E-state index in [2.05, 4.69) is 56.8 Å². The van der Waals surface area contributed by atoms with Crippen molar-refractivity contribution in [2.45, 2.75) is 51.9 Å². The van der Waals surface area contributed by atoms with E-state index in [4.69, 9.17) is 9.73 Å². The highest BCUT2D eigenvalue weighted by Crippen LogP contribution is 2.18. The number of ether oxygens (including phenoxy) is 1. The lowest BCUT2D eigenvalue weighted by Gasteiger charge is -2.28. The molecule has 1 aromatic heterocycles. The van der Waals surface area contributed by atoms with Crippen molar-refractivity contribution in [1.29, 1.82) is 0 Å². The monoisotopic (exact) mass is 539 g/mol. The fraction of sp³-hybridized carbons (Fsp3) is 0.591. The number of guanidine groups is 1. The SMILES string of the molecule is CCNC(=NCCN1CCc2ccccc2C1)NC1CCc2nc(COC)nn2C1.I. The molecule has 1 atom stereocenters. The van der Waals surface area contributed by atoms with Gasteiger partial charge in [-0.3, -0.25) is 9.89 Å². The van der Waals surface area contributed by atoms with Gasteiger partial charge in [-0.2, -0.15) is 5.10 Å². The van der Waals surface area contributed by atoms with Gasteiger partial charge < -0.3 is 15.4 Å². The molecule has 2 aliphatic rings. The van der Waals surface area contributed by atoms with Crippen molar-refractivity contribution in [1.82, 2.24) is 30.3 Å². The standard InChI is InChI=1S/C22H33N7O.HI/c1-3-23-22(24-11-13-28-12-10-17-6-4-5-7-18(17)14-28)25-19-8-9-21-26-20(16-30-2)27-29(21)15-19;/h4-7,19H,3,8-16H2,1-2H3,(H2,23,24,25);1H. The van der Waals surface area contributed by atoms with Crippen LogP contribution in [0, 0.1) is 0 Å². The van der Waals surface area contributed by atoms with E-state index in [1.807, 2.05) is 4.68 Å². The van der Waals surface area contributed by atoms with Crippen molar-refractivity contribution in [3.05, 3.63) is 47.0 Å². The molecular formula is C22H34IN7O. The maximum Gasteiger partial charge on any atom is 0.191 e. The number of nitrogens with zero attached hydrogens (tertiary/aromatic N) is 5. The molecule has 9 heteroatoms. The van der Waals surface area contributed by atoms with Gasteiger partial charge in [0.2, 0.25) is 0 Å². The number of hydrogen-bond donors (Lipinski definition) is 2. The fourth-order valence-corrected chi connectivity index (χ4v) is 4.23. The van der Waals surface area contributed by atoms with Crippen LogP contribution >= 0.6 is 24.0 Å². The van der Waals surface area contributed by atoms with Gasteiger partial charge in [-0.25, -0.2) is 9.67 Å². The molecule has 1 unspecified atom stereocenters. The molecule has 8 nitrogen and oxygen atoms in total. The average molecular weight is 539 g/mol. The molecule has 31 heavy (non-hydrogen) atoms. The zero-order chi connectivity index (χ0) is 20.8. The Morgan fingerprint density at radius 2 is 2.10 bits per heavy atom. The third kappa shape index (κ3) is 6.39. The van der Waals surface area contributed by atoms with Crippen LogP contribution in [0.4, 0.5) is 0 Å². The number of aliphatic imine (C=N–C) groups is 1. The molecule has 2 aliphatic heterocycles. The Morgan fingerprint density at radius 1 is 1.26 bits per heavy atom. The average Bonchev–Trinajstić information content (AvgIpc) is 3.16. The van der Waals surface area contributed by atoms with Crippen LogP contribution in [0.3, 0.4) is 0 Å². The van der Waals surface area contributed by atoms with E-state index in [9.17, 15) is 0 Å². The molecule has 0 saturated heterocycles. The summed E-state index contributed by atoms with van der Waals surface area (Å²) in [5.41, 5.74) is 2.95. The topological polar surface area (TPSA) is 79.6 Å². The van der Waals surface area contributed by atoms with Gasteiger partial charge in [0.1, 0.15) is 12.4 Å². The maximum atomic E-state index is 5.16. The first-order chi connectivity index (χ1) is 14.7. The highest BCUT2D eigenvalue weighted by molar-refractivity contribution is 14.0. The third-order valence-electron chi connectivity index (χ3n) is 5.76. The minimum atomic E-state index is 0. The molecule has 0 radical (unpaired) electrons. The van der Waals surface area contributed by atoms with Gasteiger partial charge in [-0.15, -0.1) is 24.0 Å². The van der Waals surface area contributed by atoms with E-state index in [1.54, 1.807) is 7.11 Å². The Balaban J connectivity index is 0.00000272. The fourth-order valence-electron chi connectivity index (χ4n) is 4.23. The lowest BCUT2D eigenvalue weighted by Crippen LogP contribution is -2.47. The van der Waals surface area contributed by atoms with Crippen LogP contribution in [0.15, 0.2) is 29.3 Å². The first kappa shape index (κ1) is 23.9. The number of rotatable bonds is 7. The predicted octanol–water partition coefficient (Wildman–Crippen LogP) is 1.97. The second-order valence-electron chi connectivity index (χ2n) is 7.99. The number of hydrogen-bond acceptors (Lipinski definition) is 5. The summed E-state index contributed by atoms with van der Waals surface area (Å²) in [7, 11) is 1.67. The van der Waals surface area contributed by atoms with E-state index in [0.29, 0.717) is 12.6 Å². The van der Waals surface area contributed by atoms with Gasteiger partial charge in [0.25, 0.3) is 0 Å². The number of aryl methyl sites for hydroxylation is 1. The Bertz CT molecular complexity index is 869. The first-order valence-electron chi connectivity index (χ1n) is 11.0. The molecule has 0 aliphatic carbocycles. The normalized spacial score (nSPS) is 18.6. The van der Waals surface area contributed by atoms with Crippen LogP contribution in [-0.2, 0) is 37.3 Å². The molecule has 2 N–H and O–H groups in total. The minimum Gasteiger partial charge on any atom is -0.377 e. The summed E-state index contributed by atoms with van der Waals surface area (Å²) in [6.07, 6.45) is 3.07. The number of benzene rings is 1. The van der Waals surface area contributed by atoms with Crippen molar-refractivity contribution in [2.24, 2.45) is 4.99 Å². The van der Waals surface area contributed by atoms with Gasteiger partial charge in [0.05, 0.1) is 13.1 Å². The zero-order valence-corrected chi connectivity index (χ0v) is 20.8. The molecule has 0 fully saturated rings. The highest BCUT2D eigenvalue weighted by Gasteiger charge is 2.22. The summed E-state index contributed by atoms with van der Waals surface area (Å²) in [6, 6.07) is 9.07. The molecule has 4 rings (SSSR count). The summed E-state index contributed by atoms with van der Waals surface area (Å²) in [4.78, 5) is 11.9. The van der Waals surface area contributed by atoms with Crippen molar-refractivity contribution in [3.63, 3.8) is 0 Å². The molecule has 0 saturated carbocycles. The van der Waals surface area contributed by atoms with Crippen molar-refractivity contribution in [3.8, 4) is 0 Å². The van der Waals surface area contributed by atoms with Crippen molar-refractivity contribution in [2.75, 3.05) is 33.3 Å². The van der Waals surface area contributed by atoms with Crippen LogP contribution in [0.5, 0.6) is 0 Å². The molecule has 0 bridgehead atoms. The highest BCUT2D eigenvalue weighted by atomic mass is 127. The predicted molar refractivity (Wildman–Crippen MR) is 133 cm³/mol. The number of nitrogens with one attached hydrogen (secondary N) is 2. The quantitative estimate of drug-likeness (QED) is 0.319. The van der Waals surface area contributed by atoms with Crippen LogP contribution in [-0.4, -0.2) is 65.0 Å². The minimum absolute atomic E-state index is 0. The summed E-state index contributed by atoms with van der Waals surface area (Å²) >= 11 is 0. The van der Waals surface area contributed by atoms with Crippen LogP contribution in [0.1, 0.15) is 36.1 Å². The van der Waals surface area contributed by atoms with E-state index >= 15 is 0 Å². The lowest BCUT2D eigenvalue weighted by molar-refractivity contribution is 0.177. The molecular weight excluding hydrogens is 505 g/mol. The van der Waals surface area contributed by atoms with Gasteiger partial charge in [0.15, 0.2) is 11.8 Å². The van der Waals surface area contributed by atoms with E-state index in [-0.39, 0.29) is 24.0 Å². The first-order valence-corrected chi connectivity index (χ1v) is 11.0. The van der Waals surface area contributed by atoms with Gasteiger partial charge in [0, 0.05) is 45.8 Å². The van der Waals surface area contributed by atoms with Gasteiger partial charge in [-0.05, 0) is 30.9 Å². The number of methoxy groups -OCH3 is 1. The van der Waals surface area contributed by atoms with Crippen molar-refractivity contribution < 1.29 is 4.74 Å². The van der Waals surface area contributed by atoms with Crippen LogP contribution in [0.25, 0.3) is 0 Å². The van der Waals surface area contributed by atoms with Gasteiger partial charge >= 0.3 is 0 Å². The van der Waals surface area contributed by atoms with E-state index in [1.165, 1.54) is 11.1 Å². The Labute approximate surface area is 201 Å². The Kier molecular flexibility index (Phi) is 9.09. The Hall–Kier alpha value is -1.72. The van der Waals surface area contributed by atoms with Crippen molar-refractivity contribution >= 4 is 29.9 Å². The summed E-state index contributed by atoms with van der Waals surface area (Å²) in [5, 5.41) is 11.5. The summed E-state index contributed by atoms with van der Waals surface area (Å²) in [5.74, 6) is 2.70. The molecule has 170 valence electrons. The number of aromatic nitrogens is 3. The molecule has 2 aromatic rings. The number of fused-ring (bicyclic) bond motifs is 2. The van der Waals surface area contributed by atoms with Gasteiger partial charge in [-0.1, -0.05) is 24.3 Å². The Morgan fingerprint density at radius 3 is 2.90 bits per heavy atom. The van der Waals surface area contributed by atoms with E-state index < -0.39 is 0 Å². The van der Waals surface area contributed by atoms with E-state index in [0.717, 1.165) is 76.1 Å². The lowest BCUT2D eigenvalue weighted by atomic mass is 10.00. The number of halogens is 1. The smallest absolute Gasteiger partial charge is 0.191 e. The zero-order valence-electron chi connectivity index (χ0n) is 18.5. The maximum absolute atomic E-state index is 5.16. The molecule has 3 heterocycles. The summed E-state index contributed by atoms with van der Waals surface area (Å²) < 4.78 is 7.16. The molecule has 0 amide bonds. The largest absolute Gasteiger partial charge is 0.377 e. The van der Waals surface area contributed by atoms with Crippen LogP contribution < -0.4 is 10.6 Å². The second-order valence-corrected chi connectivity index (χ2v) is 7.99.